The van der Waals surface area contributed by atoms with Gasteiger partial charge in [0.15, 0.2) is 0 Å². The molecule has 2 rings (SSSR count). The third-order valence-corrected chi connectivity index (χ3v) is 2.83. The van der Waals surface area contributed by atoms with Gasteiger partial charge in [-0.1, -0.05) is 19.9 Å². The summed E-state index contributed by atoms with van der Waals surface area (Å²) < 4.78 is 1.88. The van der Waals surface area contributed by atoms with Crippen molar-refractivity contribution in [3.8, 4) is 0 Å². The third kappa shape index (κ3) is 3.17. The summed E-state index contributed by atoms with van der Waals surface area (Å²) in [6.45, 7) is 5.96. The molecule has 0 atom stereocenters. The molecule has 2 aromatic heterocycles. The SMILES string of the molecule is CC(C)c1nn(C)cc1CNCc1ccccn1. The van der Waals surface area contributed by atoms with Gasteiger partial charge in [-0.25, -0.2) is 0 Å². The molecule has 4 nitrogen and oxygen atoms in total. The molecule has 0 fully saturated rings. The fourth-order valence-electron chi connectivity index (χ4n) is 2.01. The van der Waals surface area contributed by atoms with Gasteiger partial charge in [0.05, 0.1) is 11.4 Å². The van der Waals surface area contributed by atoms with E-state index in [2.05, 4.69) is 35.4 Å². The van der Waals surface area contributed by atoms with Crippen molar-refractivity contribution < 1.29 is 0 Å². The van der Waals surface area contributed by atoms with E-state index in [4.69, 9.17) is 0 Å². The molecule has 0 amide bonds. The van der Waals surface area contributed by atoms with Crippen LogP contribution in [0.4, 0.5) is 0 Å². The number of hydrogen-bond donors (Lipinski definition) is 1. The van der Waals surface area contributed by atoms with Gasteiger partial charge in [0.1, 0.15) is 0 Å². The van der Waals surface area contributed by atoms with Crippen molar-refractivity contribution in [3.05, 3.63) is 47.5 Å². The Morgan fingerprint density at radius 2 is 2.11 bits per heavy atom. The molecule has 2 aromatic rings. The molecule has 1 N–H and O–H groups in total. The first-order chi connectivity index (χ1) is 8.66. The van der Waals surface area contributed by atoms with Crippen LogP contribution >= 0.6 is 0 Å². The van der Waals surface area contributed by atoms with Crippen molar-refractivity contribution in [2.24, 2.45) is 7.05 Å². The lowest BCUT2D eigenvalue weighted by molar-refractivity contribution is 0.667. The van der Waals surface area contributed by atoms with E-state index in [-0.39, 0.29) is 0 Å². The fraction of sp³-hybridized carbons (Fsp3) is 0.429. The Morgan fingerprint density at radius 1 is 1.28 bits per heavy atom. The summed E-state index contributed by atoms with van der Waals surface area (Å²) in [5.41, 5.74) is 3.50. The summed E-state index contributed by atoms with van der Waals surface area (Å²) in [5, 5.41) is 7.91. The minimum absolute atomic E-state index is 0.456. The van der Waals surface area contributed by atoms with Crippen molar-refractivity contribution in [1.29, 1.82) is 0 Å². The Morgan fingerprint density at radius 3 is 2.78 bits per heavy atom. The minimum atomic E-state index is 0.456. The highest BCUT2D eigenvalue weighted by molar-refractivity contribution is 5.20. The van der Waals surface area contributed by atoms with Gasteiger partial charge in [-0.3, -0.25) is 9.67 Å². The molecule has 18 heavy (non-hydrogen) atoms. The number of aryl methyl sites for hydroxylation is 1. The molecule has 0 bridgehead atoms. The van der Waals surface area contributed by atoms with E-state index in [1.807, 2.05) is 36.1 Å². The maximum atomic E-state index is 4.50. The van der Waals surface area contributed by atoms with Crippen LogP contribution in [0.25, 0.3) is 0 Å². The summed E-state index contributed by atoms with van der Waals surface area (Å²) in [7, 11) is 1.97. The summed E-state index contributed by atoms with van der Waals surface area (Å²) in [4.78, 5) is 4.29. The first-order valence-corrected chi connectivity index (χ1v) is 6.30. The second-order valence-corrected chi connectivity index (χ2v) is 4.79. The van der Waals surface area contributed by atoms with E-state index in [0.29, 0.717) is 5.92 Å². The minimum Gasteiger partial charge on any atom is -0.307 e. The van der Waals surface area contributed by atoms with Gasteiger partial charge in [0.25, 0.3) is 0 Å². The standard InChI is InChI=1S/C14H20N4/c1-11(2)14-12(10-18(3)17-14)8-15-9-13-6-4-5-7-16-13/h4-7,10-11,15H,8-9H2,1-3H3. The van der Waals surface area contributed by atoms with Crippen LogP contribution in [0.1, 0.15) is 36.7 Å². The Bertz CT molecular complexity index is 488. The molecular formula is C14H20N4. The quantitative estimate of drug-likeness (QED) is 0.877. The average molecular weight is 244 g/mol. The van der Waals surface area contributed by atoms with E-state index in [1.54, 1.807) is 0 Å². The summed E-state index contributed by atoms with van der Waals surface area (Å²) in [5.74, 6) is 0.456. The van der Waals surface area contributed by atoms with Gasteiger partial charge in [-0.2, -0.15) is 5.10 Å². The van der Waals surface area contributed by atoms with Crippen LogP contribution in [0.3, 0.4) is 0 Å². The van der Waals surface area contributed by atoms with Gasteiger partial charge < -0.3 is 5.32 Å². The third-order valence-electron chi connectivity index (χ3n) is 2.83. The first kappa shape index (κ1) is 12.8. The highest BCUT2D eigenvalue weighted by Gasteiger charge is 2.10. The van der Waals surface area contributed by atoms with Crippen molar-refractivity contribution in [2.75, 3.05) is 0 Å². The molecule has 0 aliphatic heterocycles. The van der Waals surface area contributed by atoms with Crippen LogP contribution in [0, 0.1) is 0 Å². The predicted octanol–water partition coefficient (Wildman–Crippen LogP) is 2.23. The highest BCUT2D eigenvalue weighted by Crippen LogP contribution is 2.16. The molecule has 4 heteroatoms. The number of hydrogen-bond acceptors (Lipinski definition) is 3. The Hall–Kier alpha value is -1.68. The van der Waals surface area contributed by atoms with Crippen LogP contribution in [0.2, 0.25) is 0 Å². The number of pyridine rings is 1. The van der Waals surface area contributed by atoms with E-state index in [1.165, 1.54) is 11.3 Å². The summed E-state index contributed by atoms with van der Waals surface area (Å²) in [6, 6.07) is 5.97. The molecule has 0 radical (unpaired) electrons. The van der Waals surface area contributed by atoms with Gasteiger partial charge in [-0.15, -0.1) is 0 Å². The van der Waals surface area contributed by atoms with Gasteiger partial charge in [0.2, 0.25) is 0 Å². The van der Waals surface area contributed by atoms with Gasteiger partial charge >= 0.3 is 0 Å². The van der Waals surface area contributed by atoms with Gasteiger partial charge in [-0.05, 0) is 18.1 Å². The van der Waals surface area contributed by atoms with Crippen molar-refractivity contribution >= 4 is 0 Å². The normalized spacial score (nSPS) is 11.1. The first-order valence-electron chi connectivity index (χ1n) is 6.30. The maximum Gasteiger partial charge on any atom is 0.0694 e. The smallest absolute Gasteiger partial charge is 0.0694 e. The molecule has 0 aliphatic rings. The Labute approximate surface area is 108 Å². The van der Waals surface area contributed by atoms with Crippen LogP contribution in [0.5, 0.6) is 0 Å². The topological polar surface area (TPSA) is 42.7 Å². The van der Waals surface area contributed by atoms with E-state index >= 15 is 0 Å². The van der Waals surface area contributed by atoms with Crippen molar-refractivity contribution in [1.82, 2.24) is 20.1 Å². The maximum absolute atomic E-state index is 4.50. The van der Waals surface area contributed by atoms with Crippen LogP contribution < -0.4 is 5.32 Å². The second kappa shape index (κ2) is 5.78. The van der Waals surface area contributed by atoms with E-state index in [9.17, 15) is 0 Å². The molecule has 0 spiro atoms. The molecular weight excluding hydrogens is 224 g/mol. The largest absolute Gasteiger partial charge is 0.307 e. The average Bonchev–Trinajstić information content (AvgIpc) is 2.72. The lowest BCUT2D eigenvalue weighted by Gasteiger charge is -2.06. The monoisotopic (exact) mass is 244 g/mol. The zero-order chi connectivity index (χ0) is 13.0. The second-order valence-electron chi connectivity index (χ2n) is 4.79. The lowest BCUT2D eigenvalue weighted by atomic mass is 10.1. The van der Waals surface area contributed by atoms with E-state index < -0.39 is 0 Å². The van der Waals surface area contributed by atoms with Crippen molar-refractivity contribution in [2.45, 2.75) is 32.9 Å². The summed E-state index contributed by atoms with van der Waals surface area (Å²) in [6.07, 6.45) is 3.90. The molecule has 0 saturated heterocycles. The Balaban J connectivity index is 1.94. The molecule has 0 aliphatic carbocycles. The molecule has 0 aromatic carbocycles. The number of aromatic nitrogens is 3. The lowest BCUT2D eigenvalue weighted by Crippen LogP contribution is -2.14. The molecule has 0 saturated carbocycles. The molecule has 2 heterocycles. The zero-order valence-electron chi connectivity index (χ0n) is 11.2. The number of nitrogens with one attached hydrogen (secondary N) is 1. The van der Waals surface area contributed by atoms with Crippen LogP contribution in [0.15, 0.2) is 30.6 Å². The number of rotatable bonds is 5. The van der Waals surface area contributed by atoms with Crippen LogP contribution in [-0.4, -0.2) is 14.8 Å². The molecule has 0 unspecified atom stereocenters. The van der Waals surface area contributed by atoms with Crippen LogP contribution in [-0.2, 0) is 20.1 Å². The zero-order valence-corrected chi connectivity index (χ0v) is 11.2. The van der Waals surface area contributed by atoms with E-state index in [0.717, 1.165) is 18.8 Å². The Kier molecular flexibility index (Phi) is 4.10. The predicted molar refractivity (Wildman–Crippen MR) is 72.1 cm³/mol. The summed E-state index contributed by atoms with van der Waals surface area (Å²) >= 11 is 0. The fourth-order valence-corrected chi connectivity index (χ4v) is 2.01. The number of nitrogens with zero attached hydrogens (tertiary/aromatic N) is 3. The van der Waals surface area contributed by atoms with Crippen molar-refractivity contribution in [3.63, 3.8) is 0 Å². The molecule has 96 valence electrons. The van der Waals surface area contributed by atoms with Gasteiger partial charge in [0, 0.05) is 38.1 Å². The highest BCUT2D eigenvalue weighted by atomic mass is 15.3.